The van der Waals surface area contributed by atoms with Crippen LogP contribution in [0.15, 0.2) is 54.9 Å². The summed E-state index contributed by atoms with van der Waals surface area (Å²) in [7, 11) is 4.27. The van der Waals surface area contributed by atoms with Crippen molar-refractivity contribution in [1.82, 2.24) is 9.97 Å². The Bertz CT molecular complexity index is 999. The molecule has 2 aliphatic rings. The van der Waals surface area contributed by atoms with E-state index in [1.807, 2.05) is 0 Å². The van der Waals surface area contributed by atoms with Gasteiger partial charge in [-0.25, -0.2) is 9.97 Å². The van der Waals surface area contributed by atoms with Gasteiger partial charge in [-0.15, -0.1) is 0 Å². The summed E-state index contributed by atoms with van der Waals surface area (Å²) >= 11 is 0. The van der Waals surface area contributed by atoms with E-state index >= 15 is 0 Å². The summed E-state index contributed by atoms with van der Waals surface area (Å²) in [5, 5.41) is 0. The molecule has 0 aliphatic carbocycles. The molecule has 3 aromatic rings. The van der Waals surface area contributed by atoms with Crippen molar-refractivity contribution in [3.63, 3.8) is 0 Å². The van der Waals surface area contributed by atoms with Gasteiger partial charge in [-0.05, 0) is 45.0 Å². The third kappa shape index (κ3) is 2.41. The van der Waals surface area contributed by atoms with Crippen LogP contribution >= 0.6 is 0 Å². The molecule has 1 aromatic heterocycles. The van der Waals surface area contributed by atoms with Gasteiger partial charge in [0.15, 0.2) is 0 Å². The highest BCUT2D eigenvalue weighted by Crippen LogP contribution is 2.47. The van der Waals surface area contributed by atoms with E-state index in [4.69, 9.17) is 9.97 Å². The predicted molar refractivity (Wildman–Crippen MR) is 120 cm³/mol. The maximum absolute atomic E-state index is 4.72. The lowest BCUT2D eigenvalue weighted by atomic mass is 10.2. The topological polar surface area (TPSA) is 38.7 Å². The molecule has 2 atom stereocenters. The van der Waals surface area contributed by atoms with E-state index in [9.17, 15) is 0 Å². The smallest absolute Gasteiger partial charge is 0.143 e. The van der Waals surface area contributed by atoms with E-state index in [0.29, 0.717) is 0 Å². The zero-order valence-electron chi connectivity index (χ0n) is 17.5. The van der Waals surface area contributed by atoms with Crippen LogP contribution in [0.3, 0.4) is 0 Å². The lowest BCUT2D eigenvalue weighted by Crippen LogP contribution is -2.38. The van der Waals surface area contributed by atoms with Crippen LogP contribution in [0.4, 0.5) is 34.4 Å². The Morgan fingerprint density at radius 2 is 1.03 bits per heavy atom. The van der Waals surface area contributed by atoms with Crippen LogP contribution in [-0.2, 0) is 0 Å². The zero-order chi connectivity index (χ0) is 20.3. The molecule has 2 aliphatic heterocycles. The monoisotopic (exact) mass is 386 g/mol. The number of anilines is 6. The number of benzene rings is 2. The fraction of sp³-hybridized carbons (Fsp3) is 0.304. The lowest BCUT2D eigenvalue weighted by molar-refractivity contribution is 0.712. The second-order valence-corrected chi connectivity index (χ2v) is 7.85. The average molecular weight is 387 g/mol. The molecule has 148 valence electrons. The van der Waals surface area contributed by atoms with Crippen LogP contribution in [0.1, 0.15) is 19.4 Å². The van der Waals surface area contributed by atoms with Crippen molar-refractivity contribution in [2.24, 2.45) is 0 Å². The van der Waals surface area contributed by atoms with E-state index in [-0.39, 0.29) is 12.3 Å². The third-order valence-electron chi connectivity index (χ3n) is 6.40. The molecule has 0 radical (unpaired) electrons. The van der Waals surface area contributed by atoms with Crippen LogP contribution in [0.2, 0.25) is 0 Å². The van der Waals surface area contributed by atoms with Gasteiger partial charge in [0, 0.05) is 19.7 Å². The highest BCUT2D eigenvalue weighted by molar-refractivity contribution is 5.87. The van der Waals surface area contributed by atoms with Gasteiger partial charge in [0.05, 0.1) is 22.7 Å². The Labute approximate surface area is 172 Å². The molecule has 0 amide bonds. The van der Waals surface area contributed by atoms with Crippen molar-refractivity contribution in [1.29, 1.82) is 0 Å². The summed E-state index contributed by atoms with van der Waals surface area (Å²) in [6.07, 6.45) is 2.05. The van der Waals surface area contributed by atoms with Gasteiger partial charge in [0.25, 0.3) is 0 Å². The summed E-state index contributed by atoms with van der Waals surface area (Å²) in [5.74, 6) is 1.91. The van der Waals surface area contributed by atoms with Crippen molar-refractivity contribution < 1.29 is 0 Å². The molecule has 0 saturated heterocycles. The predicted octanol–water partition coefficient (Wildman–Crippen LogP) is 4.65. The third-order valence-corrected chi connectivity index (χ3v) is 6.40. The molecule has 0 bridgehead atoms. The number of hydrogen-bond acceptors (Lipinski definition) is 6. The van der Waals surface area contributed by atoms with Crippen LogP contribution in [0.5, 0.6) is 0 Å². The largest absolute Gasteiger partial charge is 0.352 e. The summed E-state index contributed by atoms with van der Waals surface area (Å²) in [5.41, 5.74) is 5.89. The zero-order valence-corrected chi connectivity index (χ0v) is 17.5. The fourth-order valence-electron chi connectivity index (χ4n) is 4.58. The van der Waals surface area contributed by atoms with Gasteiger partial charge in [0.1, 0.15) is 30.3 Å². The van der Waals surface area contributed by atoms with Gasteiger partial charge in [0.2, 0.25) is 0 Å². The average Bonchev–Trinajstić information content (AvgIpc) is 3.14. The number of fused-ring (bicyclic) bond motifs is 2. The van der Waals surface area contributed by atoms with E-state index in [1.165, 1.54) is 22.7 Å². The van der Waals surface area contributed by atoms with Crippen LogP contribution < -0.4 is 19.6 Å². The maximum atomic E-state index is 4.72. The van der Waals surface area contributed by atoms with Crippen molar-refractivity contribution in [3.8, 4) is 0 Å². The van der Waals surface area contributed by atoms with Gasteiger partial charge in [-0.3, -0.25) is 0 Å². The van der Waals surface area contributed by atoms with Crippen molar-refractivity contribution in [2.45, 2.75) is 33.1 Å². The summed E-state index contributed by atoms with van der Waals surface area (Å²) < 4.78 is 0. The first-order chi connectivity index (χ1) is 14.0. The van der Waals surface area contributed by atoms with Gasteiger partial charge >= 0.3 is 0 Å². The Kier molecular flexibility index (Phi) is 3.91. The minimum absolute atomic E-state index is 0.180. The highest BCUT2D eigenvalue weighted by atomic mass is 15.4. The van der Waals surface area contributed by atoms with Gasteiger partial charge in [-0.1, -0.05) is 24.3 Å². The molecule has 0 fully saturated rings. The molecule has 29 heavy (non-hydrogen) atoms. The van der Waals surface area contributed by atoms with Crippen molar-refractivity contribution in [2.75, 3.05) is 33.7 Å². The number of rotatable bonds is 2. The van der Waals surface area contributed by atoms with Crippen LogP contribution in [0.25, 0.3) is 0 Å². The first-order valence-electron chi connectivity index (χ1n) is 10.0. The second-order valence-electron chi connectivity index (χ2n) is 7.85. The molecule has 5 rings (SSSR count). The molecule has 3 heterocycles. The Morgan fingerprint density at radius 3 is 1.45 bits per heavy atom. The number of aromatic nitrogens is 2. The molecule has 2 aromatic carbocycles. The number of hydrogen-bond donors (Lipinski definition) is 0. The van der Waals surface area contributed by atoms with Gasteiger partial charge < -0.3 is 19.6 Å². The molecule has 0 saturated carbocycles. The summed E-state index contributed by atoms with van der Waals surface area (Å²) in [6.45, 7) is 6.55. The Hall–Kier alpha value is -3.28. The Balaban J connectivity index is 1.64. The van der Waals surface area contributed by atoms with E-state index in [0.717, 1.165) is 17.2 Å². The van der Waals surface area contributed by atoms with Crippen LogP contribution in [-0.4, -0.2) is 36.4 Å². The standard InChI is InChI=1S/C23H26N6/c1-15-22(28-16(2)26(4)18-10-6-8-12-20(18)28)24-14-25-23(15)29-17(3)27(5)19-11-7-9-13-21(19)29/h6-14,16-17H,1-5H3/t16-,17+. The van der Waals surface area contributed by atoms with Crippen LogP contribution in [0, 0.1) is 6.92 Å². The lowest BCUT2D eigenvalue weighted by Gasteiger charge is -2.31. The molecular formula is C23H26N6. The van der Waals surface area contributed by atoms with E-state index in [2.05, 4.69) is 103 Å². The number of para-hydroxylation sites is 4. The molecule has 6 heteroatoms. The quantitative estimate of drug-likeness (QED) is 0.638. The second kappa shape index (κ2) is 6.37. The van der Waals surface area contributed by atoms with E-state index in [1.54, 1.807) is 6.33 Å². The molecule has 0 N–H and O–H groups in total. The molecule has 6 nitrogen and oxygen atoms in total. The first kappa shape index (κ1) is 17.8. The maximum Gasteiger partial charge on any atom is 0.143 e. The summed E-state index contributed by atoms with van der Waals surface area (Å²) in [4.78, 5) is 18.7. The minimum atomic E-state index is 0.180. The van der Waals surface area contributed by atoms with E-state index < -0.39 is 0 Å². The first-order valence-corrected chi connectivity index (χ1v) is 10.0. The Morgan fingerprint density at radius 1 is 0.655 bits per heavy atom. The fourth-order valence-corrected chi connectivity index (χ4v) is 4.58. The van der Waals surface area contributed by atoms with Crippen molar-refractivity contribution >= 4 is 34.4 Å². The summed E-state index contributed by atoms with van der Waals surface area (Å²) in [6, 6.07) is 17.0. The molecular weight excluding hydrogens is 360 g/mol. The van der Waals surface area contributed by atoms with Gasteiger partial charge in [-0.2, -0.15) is 0 Å². The molecule has 0 spiro atoms. The highest BCUT2D eigenvalue weighted by Gasteiger charge is 2.36. The minimum Gasteiger partial charge on any atom is -0.352 e. The normalized spacial score (nSPS) is 20.3. The molecule has 0 unspecified atom stereocenters. The van der Waals surface area contributed by atoms with Crippen molar-refractivity contribution in [3.05, 3.63) is 60.4 Å². The number of nitrogens with zero attached hydrogens (tertiary/aromatic N) is 6. The SMILES string of the molecule is Cc1c(N2c3ccccc3N(C)[C@H]2C)ncnc1N1c2ccccc2N(C)[C@@H]1C.